The number of aryl methyl sites for hydroxylation is 2. The van der Waals surface area contributed by atoms with Crippen molar-refractivity contribution < 1.29 is 19.4 Å². The summed E-state index contributed by atoms with van der Waals surface area (Å²) in [5.74, 6) is -0.383. The van der Waals surface area contributed by atoms with Crippen LogP contribution in [0.3, 0.4) is 0 Å². The number of carbonyl (C=O) groups is 2. The number of amides is 1. The molecular formula is C19H21NO4. The molecule has 0 saturated heterocycles. The first kappa shape index (κ1) is 17.5. The summed E-state index contributed by atoms with van der Waals surface area (Å²) in [5, 5.41) is 11.8. The molecule has 0 unspecified atom stereocenters. The Kier molecular flexibility index (Phi) is 5.95. The van der Waals surface area contributed by atoms with E-state index < -0.39 is 5.97 Å². The minimum absolute atomic E-state index is 0.152. The number of carbonyl (C=O) groups excluding carboxylic acids is 1. The third-order valence-electron chi connectivity index (χ3n) is 3.57. The molecule has 0 aliphatic rings. The van der Waals surface area contributed by atoms with Crippen LogP contribution in [0, 0.1) is 13.8 Å². The van der Waals surface area contributed by atoms with Gasteiger partial charge in [0.25, 0.3) is 0 Å². The van der Waals surface area contributed by atoms with Crippen LogP contribution < -0.4 is 10.1 Å². The van der Waals surface area contributed by atoms with Gasteiger partial charge in [0, 0.05) is 12.1 Å². The van der Waals surface area contributed by atoms with Gasteiger partial charge in [-0.25, -0.2) is 4.79 Å². The number of hydrogen-bond acceptors (Lipinski definition) is 3. The molecule has 0 bridgehead atoms. The number of anilines is 1. The van der Waals surface area contributed by atoms with Crippen LogP contribution in [0.1, 0.15) is 34.3 Å². The topological polar surface area (TPSA) is 75.6 Å². The highest BCUT2D eigenvalue weighted by molar-refractivity contribution is 5.94. The molecule has 2 rings (SSSR count). The van der Waals surface area contributed by atoms with E-state index in [1.165, 1.54) is 12.1 Å². The summed E-state index contributed by atoms with van der Waals surface area (Å²) in [6.45, 7) is 4.26. The van der Waals surface area contributed by atoms with Crippen LogP contribution >= 0.6 is 0 Å². The summed E-state index contributed by atoms with van der Waals surface area (Å²) in [4.78, 5) is 23.0. The molecule has 24 heavy (non-hydrogen) atoms. The highest BCUT2D eigenvalue weighted by atomic mass is 16.5. The molecule has 5 nitrogen and oxygen atoms in total. The molecule has 0 radical (unpaired) electrons. The van der Waals surface area contributed by atoms with Gasteiger partial charge in [-0.05, 0) is 55.7 Å². The van der Waals surface area contributed by atoms with E-state index in [0.717, 1.165) is 16.9 Å². The van der Waals surface area contributed by atoms with Crippen molar-refractivity contribution in [1.82, 2.24) is 0 Å². The largest absolute Gasteiger partial charge is 0.494 e. The van der Waals surface area contributed by atoms with Crippen molar-refractivity contribution in [2.24, 2.45) is 0 Å². The molecule has 0 heterocycles. The Morgan fingerprint density at radius 1 is 1.12 bits per heavy atom. The third kappa shape index (κ3) is 5.12. The van der Waals surface area contributed by atoms with Crippen LogP contribution in [-0.2, 0) is 4.79 Å². The van der Waals surface area contributed by atoms with Gasteiger partial charge < -0.3 is 15.2 Å². The molecule has 0 aliphatic heterocycles. The van der Waals surface area contributed by atoms with E-state index in [-0.39, 0.29) is 11.5 Å². The summed E-state index contributed by atoms with van der Waals surface area (Å²) in [7, 11) is 0. The quantitative estimate of drug-likeness (QED) is 0.759. The summed E-state index contributed by atoms with van der Waals surface area (Å²) in [6.07, 6.45) is 0.889. The molecule has 0 atom stereocenters. The maximum Gasteiger partial charge on any atom is 0.335 e. The fourth-order valence-electron chi connectivity index (χ4n) is 2.23. The average molecular weight is 327 g/mol. The van der Waals surface area contributed by atoms with Crippen molar-refractivity contribution in [3.8, 4) is 5.75 Å². The van der Waals surface area contributed by atoms with Crippen molar-refractivity contribution in [1.29, 1.82) is 0 Å². The van der Waals surface area contributed by atoms with Crippen LogP contribution in [0.5, 0.6) is 5.75 Å². The monoisotopic (exact) mass is 327 g/mol. The van der Waals surface area contributed by atoms with Crippen molar-refractivity contribution in [2.75, 3.05) is 11.9 Å². The van der Waals surface area contributed by atoms with E-state index in [1.54, 1.807) is 6.07 Å². The number of ether oxygens (including phenoxy) is 1. The number of rotatable bonds is 7. The maximum absolute atomic E-state index is 12.0. The Morgan fingerprint density at radius 2 is 1.92 bits per heavy atom. The smallest absolute Gasteiger partial charge is 0.335 e. The van der Waals surface area contributed by atoms with Gasteiger partial charge in [0.15, 0.2) is 0 Å². The third-order valence-corrected chi connectivity index (χ3v) is 3.57. The highest BCUT2D eigenvalue weighted by Crippen LogP contribution is 2.18. The van der Waals surface area contributed by atoms with Crippen LogP contribution in [0.4, 0.5) is 5.69 Å². The minimum atomic E-state index is -1.02. The Balaban J connectivity index is 1.81. The zero-order valence-corrected chi connectivity index (χ0v) is 13.8. The SMILES string of the molecule is Cc1cccc(OCCCC(=O)Nc2cc(C(=O)O)ccc2C)c1. The van der Waals surface area contributed by atoms with Gasteiger partial charge in [-0.1, -0.05) is 18.2 Å². The predicted octanol–water partition coefficient (Wildman–Crippen LogP) is 3.80. The first-order valence-electron chi connectivity index (χ1n) is 7.79. The Morgan fingerprint density at radius 3 is 2.62 bits per heavy atom. The van der Waals surface area contributed by atoms with E-state index >= 15 is 0 Å². The van der Waals surface area contributed by atoms with Crippen molar-refractivity contribution in [3.63, 3.8) is 0 Å². The van der Waals surface area contributed by atoms with Gasteiger partial charge in [0.05, 0.1) is 12.2 Å². The number of carboxylic acids is 1. The molecule has 2 aromatic rings. The lowest BCUT2D eigenvalue weighted by Gasteiger charge is -2.10. The van der Waals surface area contributed by atoms with Gasteiger partial charge in [0.1, 0.15) is 5.75 Å². The van der Waals surface area contributed by atoms with E-state index in [4.69, 9.17) is 9.84 Å². The van der Waals surface area contributed by atoms with Gasteiger partial charge in [-0.3, -0.25) is 4.79 Å². The van der Waals surface area contributed by atoms with Crippen molar-refractivity contribution in [2.45, 2.75) is 26.7 Å². The second kappa shape index (κ2) is 8.15. The predicted molar refractivity (Wildman–Crippen MR) is 92.7 cm³/mol. The summed E-state index contributed by atoms with van der Waals surface area (Å²) in [5.41, 5.74) is 2.63. The lowest BCUT2D eigenvalue weighted by molar-refractivity contribution is -0.116. The molecule has 0 fully saturated rings. The Bertz CT molecular complexity index is 740. The number of benzene rings is 2. The molecule has 126 valence electrons. The Labute approximate surface area is 141 Å². The normalized spacial score (nSPS) is 10.2. The molecule has 0 saturated carbocycles. The summed E-state index contributed by atoms with van der Waals surface area (Å²) >= 11 is 0. The van der Waals surface area contributed by atoms with Crippen LogP contribution in [0.25, 0.3) is 0 Å². The zero-order chi connectivity index (χ0) is 17.5. The number of hydrogen-bond donors (Lipinski definition) is 2. The lowest BCUT2D eigenvalue weighted by Crippen LogP contribution is -2.14. The van der Waals surface area contributed by atoms with Crippen LogP contribution in [0.15, 0.2) is 42.5 Å². The van der Waals surface area contributed by atoms with E-state index in [2.05, 4.69) is 5.32 Å². The maximum atomic E-state index is 12.0. The molecule has 2 aromatic carbocycles. The molecule has 2 N–H and O–H groups in total. The fourth-order valence-corrected chi connectivity index (χ4v) is 2.23. The molecule has 1 amide bonds. The number of aromatic carboxylic acids is 1. The highest BCUT2D eigenvalue weighted by Gasteiger charge is 2.09. The second-order valence-corrected chi connectivity index (χ2v) is 5.65. The molecule has 5 heteroatoms. The average Bonchev–Trinajstić information content (AvgIpc) is 2.53. The lowest BCUT2D eigenvalue weighted by atomic mass is 10.1. The first-order chi connectivity index (χ1) is 11.5. The van der Waals surface area contributed by atoms with E-state index in [1.807, 2.05) is 38.1 Å². The Hall–Kier alpha value is -2.82. The molecule has 0 spiro atoms. The first-order valence-corrected chi connectivity index (χ1v) is 7.79. The van der Waals surface area contributed by atoms with Gasteiger partial charge in [-0.15, -0.1) is 0 Å². The summed E-state index contributed by atoms with van der Waals surface area (Å²) < 4.78 is 5.60. The molecule has 0 aromatic heterocycles. The van der Waals surface area contributed by atoms with E-state index in [0.29, 0.717) is 25.1 Å². The molecular weight excluding hydrogens is 306 g/mol. The van der Waals surface area contributed by atoms with Crippen LogP contribution in [0.2, 0.25) is 0 Å². The van der Waals surface area contributed by atoms with Gasteiger partial charge in [-0.2, -0.15) is 0 Å². The van der Waals surface area contributed by atoms with Gasteiger partial charge in [0.2, 0.25) is 5.91 Å². The summed E-state index contributed by atoms with van der Waals surface area (Å²) in [6, 6.07) is 12.4. The van der Waals surface area contributed by atoms with Gasteiger partial charge >= 0.3 is 5.97 Å². The number of nitrogens with one attached hydrogen (secondary N) is 1. The fraction of sp³-hybridized carbons (Fsp3) is 0.263. The molecule has 0 aliphatic carbocycles. The van der Waals surface area contributed by atoms with Crippen molar-refractivity contribution in [3.05, 3.63) is 59.2 Å². The zero-order valence-electron chi connectivity index (χ0n) is 13.8. The van der Waals surface area contributed by atoms with Crippen LogP contribution in [-0.4, -0.2) is 23.6 Å². The minimum Gasteiger partial charge on any atom is -0.494 e. The standard InChI is InChI=1S/C19H21NO4/c1-13-5-3-6-16(11-13)24-10-4-7-18(21)20-17-12-15(19(22)23)9-8-14(17)2/h3,5-6,8-9,11-12H,4,7,10H2,1-2H3,(H,20,21)(H,22,23). The van der Waals surface area contributed by atoms with E-state index in [9.17, 15) is 9.59 Å². The van der Waals surface area contributed by atoms with Crippen molar-refractivity contribution >= 4 is 17.6 Å². The second-order valence-electron chi connectivity index (χ2n) is 5.65. The number of carboxylic acid groups (broad SMARTS) is 1.